The summed E-state index contributed by atoms with van der Waals surface area (Å²) in [6, 6.07) is 7.53. The number of nitrogens with one attached hydrogen (secondary N) is 3. The summed E-state index contributed by atoms with van der Waals surface area (Å²) < 4.78 is 0. The van der Waals surface area contributed by atoms with Crippen LogP contribution in [0.4, 0.5) is 4.79 Å². The van der Waals surface area contributed by atoms with Crippen molar-refractivity contribution in [3.05, 3.63) is 48.0 Å². The first-order valence-electron chi connectivity index (χ1n) is 6.30. The zero-order valence-electron chi connectivity index (χ0n) is 11.1. The molecule has 0 aliphatic carbocycles. The largest absolute Gasteiger partial charge is 0.480 e. The van der Waals surface area contributed by atoms with Gasteiger partial charge in [0.15, 0.2) is 0 Å². The number of rotatable bonds is 6. The quantitative estimate of drug-likeness (QED) is 0.609. The lowest BCUT2D eigenvalue weighted by Gasteiger charge is -2.15. The minimum atomic E-state index is -1.09. The molecule has 8 nitrogen and oxygen atoms in total. The fraction of sp³-hybridized carbons (Fsp3) is 0.231. The second-order valence-electron chi connectivity index (χ2n) is 4.34. The standard InChI is InChI=1S/C13H15N5O3/c19-12(20)10(6-9-4-2-1-3-5-9)17-13(21)14-7-11-15-8-16-18-11/h1-5,8,10H,6-7H2,(H,19,20)(H2,14,17,21)(H,15,16,18)/t10-/m1/s1. The van der Waals surface area contributed by atoms with Crippen molar-refractivity contribution in [3.63, 3.8) is 0 Å². The monoisotopic (exact) mass is 289 g/mol. The van der Waals surface area contributed by atoms with E-state index in [9.17, 15) is 9.59 Å². The van der Waals surface area contributed by atoms with Crippen molar-refractivity contribution < 1.29 is 14.7 Å². The molecule has 1 aromatic heterocycles. The third-order valence-electron chi connectivity index (χ3n) is 2.77. The van der Waals surface area contributed by atoms with Crippen LogP contribution in [0.3, 0.4) is 0 Å². The van der Waals surface area contributed by atoms with E-state index in [0.717, 1.165) is 5.56 Å². The summed E-state index contributed by atoms with van der Waals surface area (Å²) >= 11 is 0. The van der Waals surface area contributed by atoms with Crippen molar-refractivity contribution in [1.29, 1.82) is 0 Å². The molecule has 1 aromatic carbocycles. The van der Waals surface area contributed by atoms with Gasteiger partial charge in [0.05, 0.1) is 6.54 Å². The van der Waals surface area contributed by atoms with Crippen LogP contribution < -0.4 is 10.6 Å². The molecule has 2 rings (SSSR count). The average Bonchev–Trinajstić information content (AvgIpc) is 2.99. The molecular weight excluding hydrogens is 274 g/mol. The smallest absolute Gasteiger partial charge is 0.326 e. The summed E-state index contributed by atoms with van der Waals surface area (Å²) in [5.41, 5.74) is 0.834. The average molecular weight is 289 g/mol. The summed E-state index contributed by atoms with van der Waals surface area (Å²) in [6.45, 7) is 0.142. The van der Waals surface area contributed by atoms with Crippen LogP contribution in [-0.2, 0) is 17.8 Å². The highest BCUT2D eigenvalue weighted by Gasteiger charge is 2.20. The van der Waals surface area contributed by atoms with Gasteiger partial charge < -0.3 is 15.7 Å². The molecule has 0 aliphatic heterocycles. The summed E-state index contributed by atoms with van der Waals surface area (Å²) in [5.74, 6) is -0.603. The van der Waals surface area contributed by atoms with E-state index in [-0.39, 0.29) is 13.0 Å². The normalized spacial score (nSPS) is 11.6. The molecule has 1 heterocycles. The number of hydrogen-bond donors (Lipinski definition) is 4. The Labute approximate surface area is 120 Å². The molecule has 21 heavy (non-hydrogen) atoms. The molecular formula is C13H15N5O3. The molecule has 0 aliphatic rings. The minimum absolute atomic E-state index is 0.142. The predicted octanol–water partition coefficient (Wildman–Crippen LogP) is 0.300. The summed E-state index contributed by atoms with van der Waals surface area (Å²) in [6.07, 6.45) is 1.54. The maximum absolute atomic E-state index is 11.7. The molecule has 2 aromatic rings. The van der Waals surface area contributed by atoms with Gasteiger partial charge in [-0.2, -0.15) is 5.10 Å². The number of H-pyrrole nitrogens is 1. The Morgan fingerprint density at radius 2 is 2.05 bits per heavy atom. The van der Waals surface area contributed by atoms with E-state index >= 15 is 0 Å². The van der Waals surface area contributed by atoms with E-state index in [0.29, 0.717) is 5.82 Å². The molecule has 0 saturated carbocycles. The van der Waals surface area contributed by atoms with E-state index < -0.39 is 18.0 Å². The number of amides is 2. The fourth-order valence-electron chi connectivity index (χ4n) is 1.74. The molecule has 0 spiro atoms. The van der Waals surface area contributed by atoms with Gasteiger partial charge in [-0.05, 0) is 5.56 Å². The van der Waals surface area contributed by atoms with E-state index in [1.54, 1.807) is 0 Å². The Bertz CT molecular complexity index is 585. The molecule has 0 radical (unpaired) electrons. The number of carbonyl (C=O) groups excluding carboxylic acids is 1. The maximum Gasteiger partial charge on any atom is 0.326 e. The van der Waals surface area contributed by atoms with Crippen molar-refractivity contribution >= 4 is 12.0 Å². The van der Waals surface area contributed by atoms with Gasteiger partial charge in [-0.25, -0.2) is 14.6 Å². The van der Waals surface area contributed by atoms with Crippen LogP contribution in [-0.4, -0.2) is 38.3 Å². The van der Waals surface area contributed by atoms with Crippen LogP contribution in [0.25, 0.3) is 0 Å². The number of aromatic nitrogens is 3. The zero-order chi connectivity index (χ0) is 15.1. The highest BCUT2D eigenvalue weighted by Crippen LogP contribution is 2.03. The number of urea groups is 1. The van der Waals surface area contributed by atoms with Crippen LogP contribution in [0.2, 0.25) is 0 Å². The molecule has 110 valence electrons. The van der Waals surface area contributed by atoms with Crippen LogP contribution in [0.1, 0.15) is 11.4 Å². The third-order valence-corrected chi connectivity index (χ3v) is 2.77. The van der Waals surface area contributed by atoms with Gasteiger partial charge in [-0.3, -0.25) is 5.10 Å². The number of hydrogen-bond acceptors (Lipinski definition) is 4. The Hall–Kier alpha value is -2.90. The molecule has 1 atom stereocenters. The predicted molar refractivity (Wildman–Crippen MR) is 73.3 cm³/mol. The first kappa shape index (κ1) is 14.5. The van der Waals surface area contributed by atoms with Gasteiger partial charge >= 0.3 is 12.0 Å². The number of carbonyl (C=O) groups is 2. The first-order chi connectivity index (χ1) is 10.1. The van der Waals surface area contributed by atoms with Crippen molar-refractivity contribution in [1.82, 2.24) is 25.8 Å². The van der Waals surface area contributed by atoms with Crippen molar-refractivity contribution in [3.8, 4) is 0 Å². The van der Waals surface area contributed by atoms with Crippen LogP contribution in [0.5, 0.6) is 0 Å². The lowest BCUT2D eigenvalue weighted by atomic mass is 10.1. The highest BCUT2D eigenvalue weighted by atomic mass is 16.4. The number of carboxylic acids is 1. The van der Waals surface area contributed by atoms with E-state index in [1.165, 1.54) is 6.33 Å². The van der Waals surface area contributed by atoms with Gasteiger partial charge in [0, 0.05) is 6.42 Å². The topological polar surface area (TPSA) is 120 Å². The number of carboxylic acid groups (broad SMARTS) is 1. The maximum atomic E-state index is 11.7. The van der Waals surface area contributed by atoms with Crippen molar-refractivity contribution in [2.75, 3.05) is 0 Å². The summed E-state index contributed by atoms with van der Waals surface area (Å²) in [4.78, 5) is 26.7. The van der Waals surface area contributed by atoms with Crippen LogP contribution in [0, 0.1) is 0 Å². The van der Waals surface area contributed by atoms with Gasteiger partial charge in [0.25, 0.3) is 0 Å². The molecule has 0 bridgehead atoms. The lowest BCUT2D eigenvalue weighted by molar-refractivity contribution is -0.139. The molecule has 0 saturated heterocycles. The van der Waals surface area contributed by atoms with Crippen molar-refractivity contribution in [2.45, 2.75) is 19.0 Å². The van der Waals surface area contributed by atoms with E-state index in [4.69, 9.17) is 5.11 Å². The molecule has 0 unspecified atom stereocenters. The summed E-state index contributed by atoms with van der Waals surface area (Å²) in [7, 11) is 0. The molecule has 2 amide bonds. The SMILES string of the molecule is O=C(NCc1ncn[nH]1)N[C@H](Cc1ccccc1)C(=O)O. The summed E-state index contributed by atoms with van der Waals surface area (Å²) in [5, 5.41) is 20.3. The zero-order valence-corrected chi connectivity index (χ0v) is 11.1. The van der Waals surface area contributed by atoms with Gasteiger partial charge in [0.1, 0.15) is 18.2 Å². The second-order valence-corrected chi connectivity index (χ2v) is 4.34. The van der Waals surface area contributed by atoms with Gasteiger partial charge in [-0.1, -0.05) is 30.3 Å². The number of benzene rings is 1. The highest BCUT2D eigenvalue weighted by molar-refractivity contribution is 5.82. The second kappa shape index (κ2) is 7.04. The van der Waals surface area contributed by atoms with Crippen LogP contribution >= 0.6 is 0 Å². The number of aliphatic carboxylic acids is 1. The Morgan fingerprint density at radius 3 is 2.67 bits per heavy atom. The van der Waals surface area contributed by atoms with Gasteiger partial charge in [-0.15, -0.1) is 0 Å². The van der Waals surface area contributed by atoms with Crippen molar-refractivity contribution in [2.24, 2.45) is 0 Å². The number of nitrogens with zero attached hydrogens (tertiary/aromatic N) is 2. The Kier molecular flexibility index (Phi) is 4.86. The molecule has 0 fully saturated rings. The lowest BCUT2D eigenvalue weighted by Crippen LogP contribution is -2.47. The van der Waals surface area contributed by atoms with Crippen LogP contribution in [0.15, 0.2) is 36.7 Å². The minimum Gasteiger partial charge on any atom is -0.480 e. The van der Waals surface area contributed by atoms with Gasteiger partial charge in [0.2, 0.25) is 0 Å². The molecule has 8 heteroatoms. The van der Waals surface area contributed by atoms with E-state index in [2.05, 4.69) is 25.8 Å². The molecule has 4 N–H and O–H groups in total. The number of aromatic amines is 1. The first-order valence-corrected chi connectivity index (χ1v) is 6.30. The third kappa shape index (κ3) is 4.60. The Morgan fingerprint density at radius 1 is 1.29 bits per heavy atom. The Balaban J connectivity index is 1.87. The fourth-order valence-corrected chi connectivity index (χ4v) is 1.74. The van der Waals surface area contributed by atoms with E-state index in [1.807, 2.05) is 30.3 Å².